The van der Waals surface area contributed by atoms with Crippen molar-refractivity contribution in [2.75, 3.05) is 20.3 Å². The van der Waals surface area contributed by atoms with Gasteiger partial charge in [0.15, 0.2) is 17.3 Å². The number of hydrogen-bond donors (Lipinski definition) is 0. The predicted octanol–water partition coefficient (Wildman–Crippen LogP) is 1.81. The summed E-state index contributed by atoms with van der Waals surface area (Å²) in [5.41, 5.74) is 0.375. The SMILES string of the molecule is COc1cc2c(cc1F)OC1CCOCC1C2=O. The van der Waals surface area contributed by atoms with Crippen molar-refractivity contribution in [3.8, 4) is 11.5 Å². The van der Waals surface area contributed by atoms with E-state index in [1.165, 1.54) is 19.2 Å². The molecule has 0 aliphatic carbocycles. The highest BCUT2D eigenvalue weighted by Crippen LogP contribution is 2.37. The van der Waals surface area contributed by atoms with Gasteiger partial charge in [-0.25, -0.2) is 4.39 Å². The molecule has 2 heterocycles. The number of halogens is 1. The van der Waals surface area contributed by atoms with E-state index in [2.05, 4.69) is 0 Å². The molecule has 2 atom stereocenters. The van der Waals surface area contributed by atoms with E-state index >= 15 is 0 Å². The fourth-order valence-electron chi connectivity index (χ4n) is 2.45. The van der Waals surface area contributed by atoms with Crippen LogP contribution in [-0.4, -0.2) is 32.2 Å². The van der Waals surface area contributed by atoms with Gasteiger partial charge in [-0.05, 0) is 6.07 Å². The highest BCUT2D eigenvalue weighted by Gasteiger charge is 2.39. The van der Waals surface area contributed by atoms with Gasteiger partial charge in [-0.2, -0.15) is 0 Å². The van der Waals surface area contributed by atoms with E-state index in [1.54, 1.807) is 0 Å². The third-order valence-electron chi connectivity index (χ3n) is 3.43. The minimum Gasteiger partial charge on any atom is -0.494 e. The van der Waals surface area contributed by atoms with Crippen LogP contribution in [0.4, 0.5) is 4.39 Å². The summed E-state index contributed by atoms with van der Waals surface area (Å²) in [5.74, 6) is -0.502. The van der Waals surface area contributed by atoms with Gasteiger partial charge in [0.2, 0.25) is 0 Å². The van der Waals surface area contributed by atoms with Crippen molar-refractivity contribution in [2.24, 2.45) is 5.92 Å². The fraction of sp³-hybridized carbons (Fsp3) is 0.462. The average Bonchev–Trinajstić information content (AvgIpc) is 2.38. The quantitative estimate of drug-likeness (QED) is 0.764. The first kappa shape index (κ1) is 11.5. The van der Waals surface area contributed by atoms with Gasteiger partial charge in [0.05, 0.1) is 31.8 Å². The Bertz CT molecular complexity index is 500. The van der Waals surface area contributed by atoms with Crippen molar-refractivity contribution in [3.63, 3.8) is 0 Å². The number of hydrogen-bond acceptors (Lipinski definition) is 4. The summed E-state index contributed by atoms with van der Waals surface area (Å²) in [6.07, 6.45) is 0.454. The van der Waals surface area contributed by atoms with E-state index in [0.717, 1.165) is 0 Å². The predicted molar refractivity (Wildman–Crippen MR) is 60.6 cm³/mol. The van der Waals surface area contributed by atoms with Gasteiger partial charge in [-0.1, -0.05) is 0 Å². The number of rotatable bonds is 1. The number of methoxy groups -OCH3 is 1. The normalized spacial score (nSPS) is 26.0. The molecule has 0 bridgehead atoms. The summed E-state index contributed by atoms with van der Waals surface area (Å²) in [5, 5.41) is 0. The Morgan fingerprint density at radius 2 is 2.28 bits per heavy atom. The maximum absolute atomic E-state index is 13.6. The third kappa shape index (κ3) is 1.66. The van der Waals surface area contributed by atoms with Crippen LogP contribution in [0.5, 0.6) is 11.5 Å². The first-order chi connectivity index (χ1) is 8.70. The molecule has 0 aromatic heterocycles. The van der Waals surface area contributed by atoms with Gasteiger partial charge < -0.3 is 14.2 Å². The summed E-state index contributed by atoms with van der Waals surface area (Å²) in [7, 11) is 1.37. The van der Waals surface area contributed by atoms with Crippen LogP contribution in [0.25, 0.3) is 0 Å². The van der Waals surface area contributed by atoms with Crippen LogP contribution in [0.3, 0.4) is 0 Å². The van der Waals surface area contributed by atoms with Crippen molar-refractivity contribution in [1.82, 2.24) is 0 Å². The number of carbonyl (C=O) groups is 1. The monoisotopic (exact) mass is 252 g/mol. The Morgan fingerprint density at radius 1 is 1.44 bits per heavy atom. The number of benzene rings is 1. The lowest BCUT2D eigenvalue weighted by atomic mass is 9.87. The summed E-state index contributed by atoms with van der Waals surface area (Å²) < 4.78 is 29.5. The van der Waals surface area contributed by atoms with Gasteiger partial charge in [-0.15, -0.1) is 0 Å². The molecule has 2 aliphatic rings. The second-order valence-corrected chi connectivity index (χ2v) is 4.47. The summed E-state index contributed by atoms with van der Waals surface area (Å²) in [6.45, 7) is 0.936. The van der Waals surface area contributed by atoms with Crippen LogP contribution >= 0.6 is 0 Å². The smallest absolute Gasteiger partial charge is 0.175 e. The molecule has 0 radical (unpaired) electrons. The maximum atomic E-state index is 13.6. The van der Waals surface area contributed by atoms with Crippen LogP contribution in [0.15, 0.2) is 12.1 Å². The zero-order valence-corrected chi connectivity index (χ0v) is 9.94. The zero-order valence-electron chi connectivity index (χ0n) is 9.94. The van der Waals surface area contributed by atoms with E-state index in [0.29, 0.717) is 30.9 Å². The van der Waals surface area contributed by atoms with Crippen molar-refractivity contribution in [1.29, 1.82) is 0 Å². The van der Waals surface area contributed by atoms with Gasteiger partial charge >= 0.3 is 0 Å². The molecular weight excluding hydrogens is 239 g/mol. The molecule has 0 saturated carbocycles. The van der Waals surface area contributed by atoms with E-state index in [9.17, 15) is 9.18 Å². The molecule has 4 nitrogen and oxygen atoms in total. The molecule has 2 aliphatic heterocycles. The lowest BCUT2D eigenvalue weighted by Gasteiger charge is -2.35. The number of fused-ring (bicyclic) bond motifs is 2. The lowest BCUT2D eigenvalue weighted by Crippen LogP contribution is -2.44. The van der Waals surface area contributed by atoms with Crippen LogP contribution in [0, 0.1) is 11.7 Å². The highest BCUT2D eigenvalue weighted by atomic mass is 19.1. The second-order valence-electron chi connectivity index (χ2n) is 4.47. The zero-order chi connectivity index (χ0) is 12.7. The van der Waals surface area contributed by atoms with E-state index in [1.807, 2.05) is 0 Å². The Hall–Kier alpha value is -1.62. The van der Waals surface area contributed by atoms with Gasteiger partial charge in [0.25, 0.3) is 0 Å². The van der Waals surface area contributed by atoms with Gasteiger partial charge in [0, 0.05) is 12.5 Å². The first-order valence-corrected chi connectivity index (χ1v) is 5.87. The summed E-state index contributed by atoms with van der Waals surface area (Å²) >= 11 is 0. The molecular formula is C13H13FO4. The molecule has 2 unspecified atom stereocenters. The maximum Gasteiger partial charge on any atom is 0.175 e. The molecule has 1 saturated heterocycles. The summed E-state index contributed by atoms with van der Waals surface area (Å²) in [4.78, 5) is 12.3. The van der Waals surface area contributed by atoms with Crippen molar-refractivity contribution < 1.29 is 23.4 Å². The minimum absolute atomic E-state index is 0.0562. The molecule has 1 aromatic carbocycles. The number of ketones is 1. The number of ether oxygens (including phenoxy) is 3. The van der Waals surface area contributed by atoms with Crippen molar-refractivity contribution in [3.05, 3.63) is 23.5 Å². The second kappa shape index (κ2) is 4.24. The Morgan fingerprint density at radius 3 is 3.06 bits per heavy atom. The Kier molecular flexibility index (Phi) is 2.70. The fourth-order valence-corrected chi connectivity index (χ4v) is 2.45. The van der Waals surface area contributed by atoms with Crippen molar-refractivity contribution >= 4 is 5.78 Å². The largest absolute Gasteiger partial charge is 0.494 e. The number of Topliss-reactive ketones (excluding diaryl/α,β-unsaturated/α-hetero) is 1. The van der Waals surface area contributed by atoms with Crippen LogP contribution in [-0.2, 0) is 4.74 Å². The Labute approximate surface area is 104 Å². The van der Waals surface area contributed by atoms with Crippen molar-refractivity contribution in [2.45, 2.75) is 12.5 Å². The average molecular weight is 252 g/mol. The van der Waals surface area contributed by atoms with Crippen LogP contribution < -0.4 is 9.47 Å². The molecule has 1 aromatic rings. The molecule has 3 rings (SSSR count). The van der Waals surface area contributed by atoms with Crippen LogP contribution in [0.1, 0.15) is 16.8 Å². The van der Waals surface area contributed by atoms with Crippen LogP contribution in [0.2, 0.25) is 0 Å². The molecule has 1 fully saturated rings. The lowest BCUT2D eigenvalue weighted by molar-refractivity contribution is -0.0213. The summed E-state index contributed by atoms with van der Waals surface area (Å²) in [6, 6.07) is 2.62. The molecule has 96 valence electrons. The van der Waals surface area contributed by atoms with E-state index in [-0.39, 0.29) is 23.6 Å². The molecule has 0 amide bonds. The number of carbonyl (C=O) groups excluding carboxylic acids is 1. The highest BCUT2D eigenvalue weighted by molar-refractivity contribution is 6.02. The first-order valence-electron chi connectivity index (χ1n) is 5.87. The molecule has 18 heavy (non-hydrogen) atoms. The Balaban J connectivity index is 2.04. The third-order valence-corrected chi connectivity index (χ3v) is 3.43. The molecule has 5 heteroatoms. The topological polar surface area (TPSA) is 44.8 Å². The minimum atomic E-state index is -0.519. The van der Waals surface area contributed by atoms with E-state index < -0.39 is 5.82 Å². The van der Waals surface area contributed by atoms with Gasteiger partial charge in [-0.3, -0.25) is 4.79 Å². The van der Waals surface area contributed by atoms with Gasteiger partial charge in [0.1, 0.15) is 11.9 Å². The molecule has 0 N–H and O–H groups in total. The standard InChI is InChI=1S/C13H13FO4/c1-16-12-4-7-11(5-9(12)14)18-10-2-3-17-6-8(10)13(7)15/h4-5,8,10H,2-3,6H2,1H3. The molecule has 0 spiro atoms. The van der Waals surface area contributed by atoms with E-state index in [4.69, 9.17) is 14.2 Å².